The fourth-order valence-electron chi connectivity index (χ4n) is 2.86. The van der Waals surface area contributed by atoms with Crippen molar-refractivity contribution < 1.29 is 14.3 Å². The van der Waals surface area contributed by atoms with Crippen molar-refractivity contribution in [2.24, 2.45) is 5.92 Å². The molecule has 1 amide bonds. The highest BCUT2D eigenvalue weighted by Crippen LogP contribution is 2.48. The predicted octanol–water partition coefficient (Wildman–Crippen LogP) is 3.32. The molecule has 0 bridgehead atoms. The molecular formula is C16H20ClNO3. The van der Waals surface area contributed by atoms with Gasteiger partial charge in [0.1, 0.15) is 0 Å². The van der Waals surface area contributed by atoms with E-state index in [-0.39, 0.29) is 5.91 Å². The van der Waals surface area contributed by atoms with Gasteiger partial charge in [-0.25, -0.2) is 0 Å². The summed E-state index contributed by atoms with van der Waals surface area (Å²) in [7, 11) is 0. The van der Waals surface area contributed by atoms with Crippen LogP contribution in [-0.2, 0) is 20.1 Å². The number of halogens is 1. The van der Waals surface area contributed by atoms with Gasteiger partial charge < -0.3 is 14.4 Å². The van der Waals surface area contributed by atoms with Crippen molar-refractivity contribution in [2.75, 3.05) is 24.7 Å². The van der Waals surface area contributed by atoms with Crippen LogP contribution in [0.15, 0.2) is 18.2 Å². The van der Waals surface area contributed by atoms with E-state index in [4.69, 9.17) is 21.1 Å². The molecule has 0 aliphatic carbocycles. The van der Waals surface area contributed by atoms with Crippen LogP contribution in [-0.4, -0.2) is 25.7 Å². The molecule has 5 heteroatoms. The first-order valence-electron chi connectivity index (χ1n) is 7.45. The van der Waals surface area contributed by atoms with Crippen LogP contribution in [0.2, 0.25) is 5.02 Å². The Morgan fingerprint density at radius 1 is 1.33 bits per heavy atom. The zero-order valence-electron chi connectivity index (χ0n) is 12.4. The lowest BCUT2D eigenvalue weighted by Crippen LogP contribution is -2.47. The van der Waals surface area contributed by atoms with Gasteiger partial charge in [0.05, 0.1) is 23.9 Å². The number of nitrogens with zero attached hydrogens (tertiary/aromatic N) is 1. The van der Waals surface area contributed by atoms with Gasteiger partial charge >= 0.3 is 0 Å². The molecule has 0 saturated carbocycles. The lowest BCUT2D eigenvalue weighted by atomic mass is 10.1. The molecule has 0 aromatic heterocycles. The lowest BCUT2D eigenvalue weighted by Gasteiger charge is -2.32. The minimum Gasteiger partial charge on any atom is -0.338 e. The highest BCUT2D eigenvalue weighted by atomic mass is 35.5. The van der Waals surface area contributed by atoms with Gasteiger partial charge in [0.25, 0.3) is 11.7 Å². The van der Waals surface area contributed by atoms with Gasteiger partial charge in [-0.05, 0) is 24.8 Å². The Morgan fingerprint density at radius 2 is 2.05 bits per heavy atom. The quantitative estimate of drug-likeness (QED) is 0.859. The van der Waals surface area contributed by atoms with E-state index in [0.29, 0.717) is 30.7 Å². The molecule has 2 aliphatic rings. The smallest absolute Gasteiger partial charge is 0.292 e. The molecule has 1 saturated heterocycles. The molecule has 0 N–H and O–H groups in total. The monoisotopic (exact) mass is 309 g/mol. The molecule has 114 valence electrons. The van der Waals surface area contributed by atoms with Crippen molar-refractivity contribution in [1.82, 2.24) is 0 Å². The number of rotatable bonds is 3. The Hall–Kier alpha value is -1.10. The molecule has 1 fully saturated rings. The number of ether oxygens (including phenoxy) is 2. The van der Waals surface area contributed by atoms with Crippen LogP contribution in [0, 0.1) is 5.92 Å². The first kappa shape index (κ1) is 14.8. The number of benzene rings is 1. The van der Waals surface area contributed by atoms with E-state index >= 15 is 0 Å². The summed E-state index contributed by atoms with van der Waals surface area (Å²) in [6.07, 6.45) is 1.71. The van der Waals surface area contributed by atoms with Crippen molar-refractivity contribution in [3.05, 3.63) is 28.8 Å². The van der Waals surface area contributed by atoms with Crippen LogP contribution in [0.5, 0.6) is 0 Å². The molecule has 2 aliphatic heterocycles. The fraction of sp³-hybridized carbons (Fsp3) is 0.562. The van der Waals surface area contributed by atoms with Gasteiger partial charge in [-0.3, -0.25) is 4.79 Å². The number of carbonyl (C=O) groups excluding carboxylic acids is 1. The largest absolute Gasteiger partial charge is 0.338 e. The van der Waals surface area contributed by atoms with Crippen LogP contribution in [0.1, 0.15) is 32.3 Å². The first-order chi connectivity index (χ1) is 10.1. The van der Waals surface area contributed by atoms with Gasteiger partial charge in [-0.15, -0.1) is 0 Å². The van der Waals surface area contributed by atoms with Crippen molar-refractivity contribution in [3.63, 3.8) is 0 Å². The van der Waals surface area contributed by atoms with Crippen LogP contribution in [0.25, 0.3) is 0 Å². The highest BCUT2D eigenvalue weighted by Gasteiger charge is 2.55. The summed E-state index contributed by atoms with van der Waals surface area (Å²) in [6, 6.07) is 5.52. The van der Waals surface area contributed by atoms with E-state index in [0.717, 1.165) is 24.1 Å². The van der Waals surface area contributed by atoms with Gasteiger partial charge in [0, 0.05) is 12.1 Å². The first-order valence-corrected chi connectivity index (χ1v) is 7.83. The second-order valence-electron chi connectivity index (χ2n) is 5.94. The summed E-state index contributed by atoms with van der Waals surface area (Å²) in [5, 5.41) is 0.569. The third kappa shape index (κ3) is 2.35. The maximum absolute atomic E-state index is 12.9. The van der Waals surface area contributed by atoms with Gasteiger partial charge in [0.15, 0.2) is 0 Å². The molecule has 0 radical (unpaired) electrons. The van der Waals surface area contributed by atoms with Crippen molar-refractivity contribution in [1.29, 1.82) is 0 Å². The van der Waals surface area contributed by atoms with E-state index in [9.17, 15) is 4.79 Å². The molecule has 0 atom stereocenters. The number of fused-ring (bicyclic) bond motifs is 2. The lowest BCUT2D eigenvalue weighted by molar-refractivity contribution is -0.256. The molecule has 1 aromatic carbocycles. The minimum absolute atomic E-state index is 0.147. The Morgan fingerprint density at radius 3 is 2.71 bits per heavy atom. The fourth-order valence-corrected chi connectivity index (χ4v) is 3.14. The average Bonchev–Trinajstić information content (AvgIpc) is 2.69. The molecule has 21 heavy (non-hydrogen) atoms. The third-order valence-corrected chi connectivity index (χ3v) is 4.27. The van der Waals surface area contributed by atoms with Crippen molar-refractivity contribution in [3.8, 4) is 0 Å². The highest BCUT2D eigenvalue weighted by molar-refractivity contribution is 6.35. The maximum Gasteiger partial charge on any atom is 0.292 e. The molecule has 1 spiro atoms. The number of carbonyl (C=O) groups is 1. The van der Waals surface area contributed by atoms with E-state index in [1.165, 1.54) is 0 Å². The zero-order chi connectivity index (χ0) is 15.0. The number of hydrogen-bond donors (Lipinski definition) is 0. The van der Waals surface area contributed by atoms with E-state index in [2.05, 4.69) is 13.8 Å². The minimum atomic E-state index is -1.28. The SMILES string of the molecule is CC(C)CCN1C(=O)C2(OCCCO2)c2cccc(Cl)c21. The van der Waals surface area contributed by atoms with E-state index < -0.39 is 5.79 Å². The Labute approximate surface area is 130 Å². The standard InChI is InChI=1S/C16H20ClNO3/c1-11(2)7-8-18-14-12(5-3-6-13(14)17)16(15(18)19)20-9-4-10-21-16/h3,5-6,11H,4,7-10H2,1-2H3. The predicted molar refractivity (Wildman–Crippen MR) is 81.5 cm³/mol. The summed E-state index contributed by atoms with van der Waals surface area (Å²) >= 11 is 6.34. The van der Waals surface area contributed by atoms with Gasteiger partial charge in [-0.2, -0.15) is 0 Å². The second kappa shape index (κ2) is 5.59. The molecule has 1 aromatic rings. The van der Waals surface area contributed by atoms with Crippen molar-refractivity contribution >= 4 is 23.2 Å². The maximum atomic E-state index is 12.9. The van der Waals surface area contributed by atoms with Crippen LogP contribution in [0.4, 0.5) is 5.69 Å². The summed E-state index contributed by atoms with van der Waals surface area (Å²) in [5.74, 6) is -0.922. The molecular weight excluding hydrogens is 290 g/mol. The van der Waals surface area contributed by atoms with Gasteiger partial charge in [-0.1, -0.05) is 37.6 Å². The summed E-state index contributed by atoms with van der Waals surface area (Å²) in [4.78, 5) is 14.6. The second-order valence-corrected chi connectivity index (χ2v) is 6.35. The van der Waals surface area contributed by atoms with Crippen molar-refractivity contribution in [2.45, 2.75) is 32.5 Å². The van der Waals surface area contributed by atoms with E-state index in [1.54, 1.807) is 11.0 Å². The Bertz CT molecular complexity index is 552. The van der Waals surface area contributed by atoms with Gasteiger partial charge in [0.2, 0.25) is 0 Å². The third-order valence-electron chi connectivity index (χ3n) is 3.97. The molecule has 2 heterocycles. The molecule has 0 unspecified atom stereocenters. The van der Waals surface area contributed by atoms with E-state index in [1.807, 2.05) is 12.1 Å². The summed E-state index contributed by atoms with van der Waals surface area (Å²) < 4.78 is 11.6. The molecule has 3 rings (SSSR count). The topological polar surface area (TPSA) is 38.8 Å². The summed E-state index contributed by atoms with van der Waals surface area (Å²) in [6.45, 7) is 5.95. The van der Waals surface area contributed by atoms with Crippen LogP contribution >= 0.6 is 11.6 Å². The summed E-state index contributed by atoms with van der Waals surface area (Å²) in [5.41, 5.74) is 1.48. The number of hydrogen-bond acceptors (Lipinski definition) is 3. The number of amides is 1. The van der Waals surface area contributed by atoms with Crippen LogP contribution in [0.3, 0.4) is 0 Å². The molecule has 4 nitrogen and oxygen atoms in total. The number of anilines is 1. The Balaban J connectivity index is 2.03. The number of para-hydroxylation sites is 1. The normalized spacial score (nSPS) is 20.4. The Kier molecular flexibility index (Phi) is 3.95. The zero-order valence-corrected chi connectivity index (χ0v) is 13.2. The van der Waals surface area contributed by atoms with Crippen LogP contribution < -0.4 is 4.90 Å². The average molecular weight is 310 g/mol.